The van der Waals surface area contributed by atoms with Crippen LogP contribution in [0.25, 0.3) is 0 Å². The molecule has 0 bridgehead atoms. The highest BCUT2D eigenvalue weighted by atomic mass is 35.5. The first-order chi connectivity index (χ1) is 12.7. The summed E-state index contributed by atoms with van der Waals surface area (Å²) in [5, 5.41) is 17.5. The molecule has 2 rings (SSSR count). The molecule has 0 aliphatic carbocycles. The second kappa shape index (κ2) is 9.93. The molecule has 3 N–H and O–H groups in total. The number of nitrogens with one attached hydrogen (secondary N) is 2. The van der Waals surface area contributed by atoms with Gasteiger partial charge >= 0.3 is 0 Å². The minimum atomic E-state index is -3.21. The van der Waals surface area contributed by atoms with Crippen molar-refractivity contribution in [3.63, 3.8) is 0 Å². The van der Waals surface area contributed by atoms with Crippen molar-refractivity contribution in [3.05, 3.63) is 33.8 Å². The standard InChI is InChI=1S/C17H26Cl2N4O3S/c1-3-20-17(21-10-15-5-4-6-23(15)27(2,25)26)22-11-16(24)12-7-13(18)9-14(19)8-12/h7-9,15-16,24H,3-6,10-11H2,1-2H3,(H2,20,21,22)/t15-,16?/m1/s1. The molecule has 1 aliphatic rings. The highest BCUT2D eigenvalue weighted by Gasteiger charge is 2.31. The minimum Gasteiger partial charge on any atom is -0.386 e. The maximum absolute atomic E-state index is 11.8. The Balaban J connectivity index is 1.99. The third-order valence-electron chi connectivity index (χ3n) is 4.29. The third kappa shape index (κ3) is 6.80. The van der Waals surface area contributed by atoms with Crippen molar-refractivity contribution >= 4 is 39.2 Å². The molecule has 1 aromatic carbocycles. The molecule has 10 heteroatoms. The fourth-order valence-electron chi connectivity index (χ4n) is 3.06. The molecule has 1 heterocycles. The van der Waals surface area contributed by atoms with E-state index in [4.69, 9.17) is 23.2 Å². The van der Waals surface area contributed by atoms with Gasteiger partial charge in [-0.25, -0.2) is 8.42 Å². The Morgan fingerprint density at radius 2 is 2.00 bits per heavy atom. The van der Waals surface area contributed by atoms with Crippen LogP contribution in [0.15, 0.2) is 23.2 Å². The van der Waals surface area contributed by atoms with Crippen LogP contribution in [0.5, 0.6) is 0 Å². The quantitative estimate of drug-likeness (QED) is 0.448. The Morgan fingerprint density at radius 3 is 2.59 bits per heavy atom. The van der Waals surface area contributed by atoms with Crippen molar-refractivity contribution < 1.29 is 13.5 Å². The minimum absolute atomic E-state index is 0.0967. The van der Waals surface area contributed by atoms with Gasteiger partial charge in [0.05, 0.1) is 18.9 Å². The monoisotopic (exact) mass is 436 g/mol. The van der Waals surface area contributed by atoms with Crippen LogP contribution >= 0.6 is 23.2 Å². The molecule has 0 radical (unpaired) electrons. The third-order valence-corrected chi connectivity index (χ3v) is 6.06. The molecular formula is C17H26Cl2N4O3S. The zero-order valence-electron chi connectivity index (χ0n) is 15.5. The number of guanidine groups is 1. The lowest BCUT2D eigenvalue weighted by molar-refractivity contribution is 0.187. The van der Waals surface area contributed by atoms with Gasteiger partial charge in [0.2, 0.25) is 10.0 Å². The van der Waals surface area contributed by atoms with E-state index in [0.29, 0.717) is 41.2 Å². The molecule has 7 nitrogen and oxygen atoms in total. The topological polar surface area (TPSA) is 94.0 Å². The van der Waals surface area contributed by atoms with Crippen LogP contribution in [0, 0.1) is 0 Å². The Bertz CT molecular complexity index is 753. The fraction of sp³-hybridized carbons (Fsp3) is 0.588. The zero-order valence-corrected chi connectivity index (χ0v) is 17.8. The van der Waals surface area contributed by atoms with Crippen molar-refractivity contribution in [3.8, 4) is 0 Å². The predicted octanol–water partition coefficient (Wildman–Crippen LogP) is 2.01. The van der Waals surface area contributed by atoms with E-state index in [1.54, 1.807) is 18.2 Å². The number of benzene rings is 1. The number of nitrogens with zero attached hydrogens (tertiary/aromatic N) is 2. The second-order valence-electron chi connectivity index (χ2n) is 6.49. The lowest BCUT2D eigenvalue weighted by Gasteiger charge is -2.23. The van der Waals surface area contributed by atoms with Gasteiger partial charge in [-0.3, -0.25) is 4.99 Å². The van der Waals surface area contributed by atoms with Crippen molar-refractivity contribution in [2.75, 3.05) is 32.4 Å². The Morgan fingerprint density at radius 1 is 1.33 bits per heavy atom. The lowest BCUT2D eigenvalue weighted by Crippen LogP contribution is -2.46. The van der Waals surface area contributed by atoms with Crippen LogP contribution in [0.3, 0.4) is 0 Å². The SMILES string of the molecule is CCNC(=NCC(O)c1cc(Cl)cc(Cl)c1)NC[C@H]1CCCN1S(C)(=O)=O. The summed E-state index contributed by atoms with van der Waals surface area (Å²) in [6, 6.07) is 4.80. The predicted molar refractivity (Wildman–Crippen MR) is 110 cm³/mol. The molecule has 152 valence electrons. The fourth-order valence-corrected chi connectivity index (χ4v) is 4.78. The summed E-state index contributed by atoms with van der Waals surface area (Å²) in [5.74, 6) is 0.519. The van der Waals surface area contributed by atoms with Crippen LogP contribution in [0.1, 0.15) is 31.4 Å². The number of aliphatic hydroxyl groups excluding tert-OH is 1. The van der Waals surface area contributed by atoms with Crippen LogP contribution < -0.4 is 10.6 Å². The molecular weight excluding hydrogens is 411 g/mol. The molecule has 0 amide bonds. The Hall–Kier alpha value is -1.06. The van der Waals surface area contributed by atoms with Gasteiger partial charge in [0.25, 0.3) is 0 Å². The molecule has 0 aromatic heterocycles. The van der Waals surface area contributed by atoms with Crippen LogP contribution in [-0.4, -0.2) is 62.3 Å². The maximum Gasteiger partial charge on any atom is 0.211 e. The van der Waals surface area contributed by atoms with E-state index in [9.17, 15) is 13.5 Å². The molecule has 1 aromatic rings. The molecule has 27 heavy (non-hydrogen) atoms. The van der Waals surface area contributed by atoms with Crippen molar-refractivity contribution in [1.82, 2.24) is 14.9 Å². The first-order valence-electron chi connectivity index (χ1n) is 8.83. The summed E-state index contributed by atoms with van der Waals surface area (Å²) in [4.78, 5) is 4.39. The number of aliphatic imine (C=N–C) groups is 1. The first-order valence-corrected chi connectivity index (χ1v) is 11.4. The number of sulfonamides is 1. The number of hydrogen-bond donors (Lipinski definition) is 3. The number of hydrogen-bond acceptors (Lipinski definition) is 4. The summed E-state index contributed by atoms with van der Waals surface area (Å²) in [6.07, 6.45) is 2.04. The number of aliphatic hydroxyl groups is 1. The zero-order chi connectivity index (χ0) is 20.0. The number of halogens is 2. The van der Waals surface area contributed by atoms with Crippen LogP contribution in [0.4, 0.5) is 0 Å². The highest BCUT2D eigenvalue weighted by Crippen LogP contribution is 2.24. The van der Waals surface area contributed by atoms with E-state index in [-0.39, 0.29) is 12.6 Å². The summed E-state index contributed by atoms with van der Waals surface area (Å²) in [5.41, 5.74) is 0.589. The number of rotatable bonds is 7. The summed E-state index contributed by atoms with van der Waals surface area (Å²) >= 11 is 11.9. The molecule has 1 unspecified atom stereocenters. The van der Waals surface area contributed by atoms with Crippen LogP contribution in [0.2, 0.25) is 10.0 Å². The van der Waals surface area contributed by atoms with Gasteiger partial charge in [-0.2, -0.15) is 4.31 Å². The largest absolute Gasteiger partial charge is 0.386 e. The molecule has 1 fully saturated rings. The first kappa shape index (κ1) is 22.2. The normalized spacial score (nSPS) is 19.9. The Kier molecular flexibility index (Phi) is 8.18. The lowest BCUT2D eigenvalue weighted by atomic mass is 10.1. The van der Waals surface area contributed by atoms with Gasteiger partial charge in [0.1, 0.15) is 0 Å². The van der Waals surface area contributed by atoms with Crippen molar-refractivity contribution in [2.45, 2.75) is 31.9 Å². The van der Waals surface area contributed by atoms with E-state index in [0.717, 1.165) is 12.8 Å². The van der Waals surface area contributed by atoms with E-state index in [1.807, 2.05) is 6.92 Å². The van der Waals surface area contributed by atoms with Crippen molar-refractivity contribution in [1.29, 1.82) is 0 Å². The van der Waals surface area contributed by atoms with Gasteiger partial charge in [-0.1, -0.05) is 23.2 Å². The van der Waals surface area contributed by atoms with Gasteiger partial charge in [0, 0.05) is 35.7 Å². The van der Waals surface area contributed by atoms with Gasteiger partial charge in [-0.15, -0.1) is 0 Å². The second-order valence-corrected chi connectivity index (χ2v) is 9.30. The Labute approximate surface area is 170 Å². The summed E-state index contributed by atoms with van der Waals surface area (Å²) in [7, 11) is -3.21. The molecule has 0 saturated carbocycles. The van der Waals surface area contributed by atoms with Crippen molar-refractivity contribution in [2.24, 2.45) is 4.99 Å². The molecule has 2 atom stereocenters. The van der Waals surface area contributed by atoms with Gasteiger partial charge in [0.15, 0.2) is 5.96 Å². The molecule has 0 spiro atoms. The van der Waals surface area contributed by atoms with E-state index in [1.165, 1.54) is 10.6 Å². The van der Waals surface area contributed by atoms with E-state index >= 15 is 0 Å². The highest BCUT2D eigenvalue weighted by molar-refractivity contribution is 7.88. The maximum atomic E-state index is 11.8. The summed E-state index contributed by atoms with van der Waals surface area (Å²) in [6.45, 7) is 3.70. The van der Waals surface area contributed by atoms with Crippen LogP contribution in [-0.2, 0) is 10.0 Å². The average molecular weight is 437 g/mol. The summed E-state index contributed by atoms with van der Waals surface area (Å²) < 4.78 is 25.2. The van der Waals surface area contributed by atoms with E-state index < -0.39 is 16.1 Å². The molecule has 1 saturated heterocycles. The van der Waals surface area contributed by atoms with Gasteiger partial charge in [-0.05, 0) is 43.5 Å². The molecule has 1 aliphatic heterocycles. The van der Waals surface area contributed by atoms with E-state index in [2.05, 4.69) is 15.6 Å². The van der Waals surface area contributed by atoms with Gasteiger partial charge < -0.3 is 15.7 Å². The smallest absolute Gasteiger partial charge is 0.211 e. The average Bonchev–Trinajstić information content (AvgIpc) is 3.05.